The first-order valence-electron chi connectivity index (χ1n) is 9.09. The molecular weight excluding hydrogens is 394 g/mol. The zero-order valence-electron chi connectivity index (χ0n) is 16.0. The molecule has 2 aromatic carbocycles. The molecule has 3 aromatic rings. The Bertz CT molecular complexity index is 1080. The molecule has 6 nitrogen and oxygen atoms in total. The normalized spacial score (nSPS) is 13.0. The average Bonchev–Trinajstić information content (AvgIpc) is 3.09. The number of anilines is 1. The monoisotopic (exact) mass is 417 g/mol. The Morgan fingerprint density at radius 3 is 2.54 bits per heavy atom. The number of hydrogen-bond acceptors (Lipinski definition) is 5. The van der Waals surface area contributed by atoms with E-state index in [1.807, 2.05) is 37.3 Å². The third-order valence-corrected chi connectivity index (χ3v) is 7.53. The van der Waals surface area contributed by atoms with E-state index in [0.29, 0.717) is 28.3 Å². The highest BCUT2D eigenvalue weighted by Crippen LogP contribution is 2.30. The van der Waals surface area contributed by atoms with Gasteiger partial charge in [0.1, 0.15) is 0 Å². The van der Waals surface area contributed by atoms with Gasteiger partial charge in [0.2, 0.25) is 15.9 Å². The van der Waals surface area contributed by atoms with E-state index in [1.165, 1.54) is 15.6 Å². The number of fused-ring (bicyclic) bond motifs is 1. The van der Waals surface area contributed by atoms with Crippen LogP contribution in [-0.2, 0) is 14.8 Å². The molecule has 0 saturated heterocycles. The molecule has 0 bridgehead atoms. The molecule has 0 fully saturated rings. The van der Waals surface area contributed by atoms with Crippen molar-refractivity contribution in [2.24, 2.45) is 0 Å². The zero-order chi connectivity index (χ0) is 20.3. The molecule has 0 aliphatic rings. The number of carbonyl (C=O) groups excluding carboxylic acids is 1. The smallest absolute Gasteiger partial charge is 0.242 e. The molecule has 1 amide bonds. The summed E-state index contributed by atoms with van der Waals surface area (Å²) >= 11 is 1.27. The molecule has 1 heterocycles. The second-order valence-corrected chi connectivity index (χ2v) is 9.50. The van der Waals surface area contributed by atoms with Crippen molar-refractivity contribution in [1.29, 1.82) is 0 Å². The molecule has 1 aromatic heterocycles. The van der Waals surface area contributed by atoms with E-state index in [1.54, 1.807) is 32.2 Å². The van der Waals surface area contributed by atoms with Crippen molar-refractivity contribution in [1.82, 2.24) is 9.29 Å². The first kappa shape index (κ1) is 20.4. The molecule has 148 valence electrons. The average molecular weight is 418 g/mol. The molecule has 8 heteroatoms. The van der Waals surface area contributed by atoms with Crippen molar-refractivity contribution in [2.45, 2.75) is 31.1 Å². The quantitative estimate of drug-likeness (QED) is 0.628. The third kappa shape index (κ3) is 4.09. The number of hydrogen-bond donors (Lipinski definition) is 1. The second-order valence-electron chi connectivity index (χ2n) is 6.43. The number of amides is 1. The summed E-state index contributed by atoms with van der Waals surface area (Å²) in [6, 6.07) is 14.5. The van der Waals surface area contributed by atoms with Gasteiger partial charge in [-0.1, -0.05) is 55.5 Å². The van der Waals surface area contributed by atoms with Crippen LogP contribution in [0.5, 0.6) is 0 Å². The van der Waals surface area contributed by atoms with Crippen molar-refractivity contribution < 1.29 is 13.2 Å². The third-order valence-electron chi connectivity index (χ3n) is 4.67. The topological polar surface area (TPSA) is 79.4 Å². The minimum absolute atomic E-state index is 0.119. The number of nitrogens with one attached hydrogen (secondary N) is 1. The molecule has 1 atom stereocenters. The van der Waals surface area contributed by atoms with Gasteiger partial charge in [-0.3, -0.25) is 4.79 Å². The van der Waals surface area contributed by atoms with Crippen LogP contribution < -0.4 is 5.32 Å². The molecule has 0 aliphatic carbocycles. The van der Waals surface area contributed by atoms with Gasteiger partial charge in [-0.2, -0.15) is 0 Å². The van der Waals surface area contributed by atoms with Crippen LogP contribution in [0.3, 0.4) is 0 Å². The largest absolute Gasteiger partial charge is 0.301 e. The highest BCUT2D eigenvalue weighted by molar-refractivity contribution is 7.89. The minimum atomic E-state index is -3.52. The van der Waals surface area contributed by atoms with Crippen molar-refractivity contribution in [3.63, 3.8) is 0 Å². The van der Waals surface area contributed by atoms with Gasteiger partial charge < -0.3 is 5.32 Å². The SMILES string of the molecule is CCC(C(=O)Nc1nc2ccc(S(=O)(=O)N(C)CC)cc2s1)c1ccccc1. The molecule has 0 aliphatic heterocycles. The molecule has 0 radical (unpaired) electrons. The second kappa shape index (κ2) is 8.38. The van der Waals surface area contributed by atoms with Crippen molar-refractivity contribution in [3.05, 3.63) is 54.1 Å². The maximum Gasteiger partial charge on any atom is 0.242 e. The lowest BCUT2D eigenvalue weighted by Crippen LogP contribution is -2.26. The number of aromatic nitrogens is 1. The Morgan fingerprint density at radius 1 is 1.18 bits per heavy atom. The van der Waals surface area contributed by atoms with Crippen LogP contribution in [-0.4, -0.2) is 37.2 Å². The van der Waals surface area contributed by atoms with E-state index in [0.717, 1.165) is 5.56 Å². The Morgan fingerprint density at radius 2 is 1.89 bits per heavy atom. The van der Waals surface area contributed by atoms with Crippen LogP contribution in [0.15, 0.2) is 53.4 Å². The highest BCUT2D eigenvalue weighted by Gasteiger charge is 2.22. The number of benzene rings is 2. The molecule has 1 N–H and O–H groups in total. The van der Waals surface area contributed by atoms with E-state index in [-0.39, 0.29) is 16.7 Å². The van der Waals surface area contributed by atoms with E-state index in [9.17, 15) is 13.2 Å². The van der Waals surface area contributed by atoms with Crippen LogP contribution in [0.1, 0.15) is 31.7 Å². The summed E-state index contributed by atoms with van der Waals surface area (Å²) in [5.41, 5.74) is 1.62. The van der Waals surface area contributed by atoms with E-state index < -0.39 is 10.0 Å². The first-order chi connectivity index (χ1) is 13.4. The Kier molecular flexibility index (Phi) is 6.12. The number of carbonyl (C=O) groups is 1. The van der Waals surface area contributed by atoms with Crippen LogP contribution in [0.2, 0.25) is 0 Å². The van der Waals surface area contributed by atoms with Crippen molar-refractivity contribution in [3.8, 4) is 0 Å². The minimum Gasteiger partial charge on any atom is -0.301 e. The van der Waals surface area contributed by atoms with Crippen LogP contribution in [0.25, 0.3) is 10.2 Å². The Balaban J connectivity index is 1.86. The van der Waals surface area contributed by atoms with Gasteiger partial charge >= 0.3 is 0 Å². The molecule has 3 rings (SSSR count). The first-order valence-corrected chi connectivity index (χ1v) is 11.3. The summed E-state index contributed by atoms with van der Waals surface area (Å²) in [4.78, 5) is 17.4. The lowest BCUT2D eigenvalue weighted by Gasteiger charge is -2.14. The maximum atomic E-state index is 12.7. The van der Waals surface area contributed by atoms with E-state index in [4.69, 9.17) is 0 Å². The van der Waals surface area contributed by atoms with Crippen LogP contribution in [0.4, 0.5) is 5.13 Å². The van der Waals surface area contributed by atoms with Gasteiger partial charge in [0.25, 0.3) is 0 Å². The Hall–Kier alpha value is -2.29. The molecule has 0 spiro atoms. The molecule has 0 saturated carbocycles. The fraction of sp³-hybridized carbons (Fsp3) is 0.300. The van der Waals surface area contributed by atoms with Gasteiger partial charge in [0, 0.05) is 13.6 Å². The summed E-state index contributed by atoms with van der Waals surface area (Å²) in [5, 5.41) is 3.35. The van der Waals surface area contributed by atoms with Gasteiger partial charge in [-0.05, 0) is 30.2 Å². The summed E-state index contributed by atoms with van der Waals surface area (Å²) in [7, 11) is -1.97. The Labute approximate surface area is 169 Å². The standard InChI is InChI=1S/C20H23N3O3S2/c1-4-16(14-9-7-6-8-10-14)19(24)22-20-21-17-12-11-15(13-18(17)27-20)28(25,26)23(3)5-2/h6-13,16H,4-5H2,1-3H3,(H,21,22,24). The summed E-state index contributed by atoms with van der Waals surface area (Å²) < 4.78 is 27.0. The molecule has 1 unspecified atom stereocenters. The van der Waals surface area contributed by atoms with Crippen molar-refractivity contribution in [2.75, 3.05) is 18.9 Å². The van der Waals surface area contributed by atoms with Gasteiger partial charge in [-0.15, -0.1) is 0 Å². The number of thiazole rings is 1. The number of nitrogens with zero attached hydrogens (tertiary/aromatic N) is 2. The van der Waals surface area contributed by atoms with Gasteiger partial charge in [0.05, 0.1) is 21.0 Å². The molecular formula is C20H23N3O3S2. The number of rotatable bonds is 7. The highest BCUT2D eigenvalue weighted by atomic mass is 32.2. The molecule has 28 heavy (non-hydrogen) atoms. The van der Waals surface area contributed by atoms with Crippen LogP contribution >= 0.6 is 11.3 Å². The van der Waals surface area contributed by atoms with Crippen LogP contribution in [0, 0.1) is 0 Å². The van der Waals surface area contributed by atoms with E-state index in [2.05, 4.69) is 10.3 Å². The van der Waals surface area contributed by atoms with E-state index >= 15 is 0 Å². The lowest BCUT2D eigenvalue weighted by molar-refractivity contribution is -0.117. The predicted octanol–water partition coefficient (Wildman–Crippen LogP) is 4.07. The summed E-state index contributed by atoms with van der Waals surface area (Å²) in [6.45, 7) is 4.15. The van der Waals surface area contributed by atoms with Gasteiger partial charge in [-0.25, -0.2) is 17.7 Å². The van der Waals surface area contributed by atoms with Gasteiger partial charge in [0.15, 0.2) is 5.13 Å². The predicted molar refractivity (Wildman–Crippen MR) is 113 cm³/mol. The fourth-order valence-electron chi connectivity index (χ4n) is 2.92. The summed E-state index contributed by atoms with van der Waals surface area (Å²) in [6.07, 6.45) is 0.673. The maximum absolute atomic E-state index is 12.7. The summed E-state index contributed by atoms with van der Waals surface area (Å²) in [5.74, 6) is -0.381. The number of sulfonamides is 1. The fourth-order valence-corrected chi connectivity index (χ4v) is 5.11. The lowest BCUT2D eigenvalue weighted by atomic mass is 9.96. The zero-order valence-corrected chi connectivity index (χ0v) is 17.7. The van der Waals surface area contributed by atoms with Crippen molar-refractivity contribution >= 4 is 42.6 Å².